The van der Waals surface area contributed by atoms with E-state index in [0.29, 0.717) is 11.3 Å². The van der Waals surface area contributed by atoms with Crippen molar-refractivity contribution in [1.82, 2.24) is 0 Å². The van der Waals surface area contributed by atoms with Gasteiger partial charge in [0.1, 0.15) is 23.1 Å². The summed E-state index contributed by atoms with van der Waals surface area (Å²) in [6, 6.07) is 7.70. The fourth-order valence-corrected chi connectivity index (χ4v) is 1.69. The molecule has 0 aliphatic rings. The predicted molar refractivity (Wildman–Crippen MR) is 74.6 cm³/mol. The standard InChI is InChI=1S/C15H13F3N2O/c1-9-5-6-10(7-13(9)18)19-8-14(21)20-15-11(16)3-2-4-12(15)17/h2-7,19H,8H2,1H3,(H,20,21). The highest BCUT2D eigenvalue weighted by Gasteiger charge is 2.11. The van der Waals surface area contributed by atoms with Crippen LogP contribution in [0.5, 0.6) is 0 Å². The van der Waals surface area contributed by atoms with Crippen LogP contribution < -0.4 is 10.6 Å². The zero-order valence-corrected chi connectivity index (χ0v) is 11.2. The lowest BCUT2D eigenvalue weighted by Crippen LogP contribution is -2.23. The van der Waals surface area contributed by atoms with Crippen LogP contribution in [0.1, 0.15) is 5.56 Å². The first-order valence-electron chi connectivity index (χ1n) is 6.21. The first-order chi connectivity index (χ1) is 9.97. The number of para-hydroxylation sites is 1. The molecule has 0 unspecified atom stereocenters. The van der Waals surface area contributed by atoms with Gasteiger partial charge in [0.25, 0.3) is 0 Å². The van der Waals surface area contributed by atoms with Crippen LogP contribution >= 0.6 is 0 Å². The van der Waals surface area contributed by atoms with E-state index >= 15 is 0 Å². The van der Waals surface area contributed by atoms with Crippen molar-refractivity contribution in [3.8, 4) is 0 Å². The van der Waals surface area contributed by atoms with E-state index < -0.39 is 29.0 Å². The molecular weight excluding hydrogens is 281 g/mol. The summed E-state index contributed by atoms with van der Waals surface area (Å²) in [6.07, 6.45) is 0. The largest absolute Gasteiger partial charge is 0.376 e. The van der Waals surface area contributed by atoms with Crippen LogP contribution in [0.2, 0.25) is 0 Å². The molecule has 0 saturated carbocycles. The van der Waals surface area contributed by atoms with Crippen molar-refractivity contribution in [3.05, 3.63) is 59.4 Å². The molecule has 0 fully saturated rings. The number of anilines is 2. The van der Waals surface area contributed by atoms with Crippen molar-refractivity contribution >= 4 is 17.3 Å². The Balaban J connectivity index is 1.97. The molecule has 0 bridgehead atoms. The lowest BCUT2D eigenvalue weighted by Gasteiger charge is -2.09. The average Bonchev–Trinajstić information content (AvgIpc) is 2.44. The minimum Gasteiger partial charge on any atom is -0.376 e. The van der Waals surface area contributed by atoms with E-state index in [2.05, 4.69) is 10.6 Å². The van der Waals surface area contributed by atoms with Crippen molar-refractivity contribution in [2.45, 2.75) is 6.92 Å². The molecule has 0 atom stereocenters. The van der Waals surface area contributed by atoms with Gasteiger partial charge in [-0.25, -0.2) is 13.2 Å². The Hall–Kier alpha value is -2.50. The van der Waals surface area contributed by atoms with Gasteiger partial charge in [-0.1, -0.05) is 12.1 Å². The fourth-order valence-electron chi connectivity index (χ4n) is 1.69. The summed E-state index contributed by atoms with van der Waals surface area (Å²) >= 11 is 0. The summed E-state index contributed by atoms with van der Waals surface area (Å²) in [5.41, 5.74) is 0.389. The van der Waals surface area contributed by atoms with Crippen molar-refractivity contribution in [1.29, 1.82) is 0 Å². The SMILES string of the molecule is Cc1ccc(NCC(=O)Nc2c(F)cccc2F)cc1F. The Labute approximate surface area is 119 Å². The molecule has 0 radical (unpaired) electrons. The first-order valence-corrected chi connectivity index (χ1v) is 6.21. The van der Waals surface area contributed by atoms with E-state index in [9.17, 15) is 18.0 Å². The Bertz CT molecular complexity index is 654. The molecule has 0 aliphatic heterocycles. The zero-order valence-electron chi connectivity index (χ0n) is 11.2. The number of carbonyl (C=O) groups is 1. The molecule has 21 heavy (non-hydrogen) atoms. The number of benzene rings is 2. The fraction of sp³-hybridized carbons (Fsp3) is 0.133. The molecule has 2 N–H and O–H groups in total. The lowest BCUT2D eigenvalue weighted by atomic mass is 10.2. The maximum Gasteiger partial charge on any atom is 0.243 e. The van der Waals surface area contributed by atoms with Gasteiger partial charge in [0.15, 0.2) is 0 Å². The number of halogens is 3. The van der Waals surface area contributed by atoms with E-state index in [1.54, 1.807) is 19.1 Å². The van der Waals surface area contributed by atoms with Crippen LogP contribution in [0, 0.1) is 24.4 Å². The minimum atomic E-state index is -0.857. The van der Waals surface area contributed by atoms with Gasteiger partial charge in [-0.05, 0) is 36.8 Å². The summed E-state index contributed by atoms with van der Waals surface area (Å²) in [4.78, 5) is 11.6. The molecular formula is C15H13F3N2O. The molecule has 0 aromatic heterocycles. The van der Waals surface area contributed by atoms with Crippen LogP contribution in [0.3, 0.4) is 0 Å². The number of amides is 1. The second-order valence-electron chi connectivity index (χ2n) is 4.46. The van der Waals surface area contributed by atoms with Crippen LogP contribution in [0.15, 0.2) is 36.4 Å². The zero-order chi connectivity index (χ0) is 15.4. The molecule has 0 spiro atoms. The van der Waals surface area contributed by atoms with Gasteiger partial charge in [-0.15, -0.1) is 0 Å². The smallest absolute Gasteiger partial charge is 0.243 e. The lowest BCUT2D eigenvalue weighted by molar-refractivity contribution is -0.114. The van der Waals surface area contributed by atoms with Gasteiger partial charge in [0, 0.05) is 5.69 Å². The summed E-state index contributed by atoms with van der Waals surface area (Å²) in [5, 5.41) is 4.80. The van der Waals surface area contributed by atoms with E-state index in [-0.39, 0.29) is 6.54 Å². The van der Waals surface area contributed by atoms with Gasteiger partial charge in [0.2, 0.25) is 5.91 Å². The molecule has 2 aromatic carbocycles. The molecule has 0 aliphatic carbocycles. The summed E-state index contributed by atoms with van der Waals surface area (Å²) in [7, 11) is 0. The van der Waals surface area contributed by atoms with E-state index in [4.69, 9.17) is 0 Å². The Morgan fingerprint density at radius 2 is 1.71 bits per heavy atom. The monoisotopic (exact) mass is 294 g/mol. The number of nitrogens with one attached hydrogen (secondary N) is 2. The molecule has 1 amide bonds. The van der Waals surface area contributed by atoms with Crippen molar-refractivity contribution in [3.63, 3.8) is 0 Å². The highest BCUT2D eigenvalue weighted by Crippen LogP contribution is 2.18. The Morgan fingerprint density at radius 1 is 1.05 bits per heavy atom. The van der Waals surface area contributed by atoms with Gasteiger partial charge in [-0.2, -0.15) is 0 Å². The number of carbonyl (C=O) groups excluding carboxylic acids is 1. The average molecular weight is 294 g/mol. The molecule has 3 nitrogen and oxygen atoms in total. The molecule has 0 heterocycles. The number of hydrogen-bond donors (Lipinski definition) is 2. The first kappa shape index (κ1) is 14.9. The van der Waals surface area contributed by atoms with Gasteiger partial charge in [-0.3, -0.25) is 4.79 Å². The second kappa shape index (κ2) is 6.30. The second-order valence-corrected chi connectivity index (χ2v) is 4.46. The predicted octanol–water partition coefficient (Wildman–Crippen LogP) is 3.46. The number of hydrogen-bond acceptors (Lipinski definition) is 2. The third-order valence-electron chi connectivity index (χ3n) is 2.85. The van der Waals surface area contributed by atoms with Crippen LogP contribution in [-0.4, -0.2) is 12.5 Å². The number of aryl methyl sites for hydroxylation is 1. The van der Waals surface area contributed by atoms with Crippen LogP contribution in [-0.2, 0) is 4.79 Å². The van der Waals surface area contributed by atoms with Crippen molar-refractivity contribution in [2.75, 3.05) is 17.2 Å². The van der Waals surface area contributed by atoms with Crippen LogP contribution in [0.4, 0.5) is 24.5 Å². The normalized spacial score (nSPS) is 10.3. The number of rotatable bonds is 4. The van der Waals surface area contributed by atoms with E-state index in [1.165, 1.54) is 12.1 Å². The summed E-state index contributed by atoms with van der Waals surface area (Å²) in [5.74, 6) is -2.75. The van der Waals surface area contributed by atoms with Crippen LogP contribution in [0.25, 0.3) is 0 Å². The van der Waals surface area contributed by atoms with Gasteiger partial charge in [0.05, 0.1) is 6.54 Å². The van der Waals surface area contributed by atoms with Gasteiger partial charge >= 0.3 is 0 Å². The Morgan fingerprint density at radius 3 is 2.33 bits per heavy atom. The molecule has 2 aromatic rings. The van der Waals surface area contributed by atoms with Crippen molar-refractivity contribution < 1.29 is 18.0 Å². The third-order valence-corrected chi connectivity index (χ3v) is 2.85. The highest BCUT2D eigenvalue weighted by atomic mass is 19.1. The topological polar surface area (TPSA) is 41.1 Å². The molecule has 110 valence electrons. The summed E-state index contributed by atoms with van der Waals surface area (Å²) in [6.45, 7) is 1.38. The quantitative estimate of drug-likeness (QED) is 0.906. The molecule has 0 saturated heterocycles. The van der Waals surface area contributed by atoms with E-state index in [1.807, 2.05) is 0 Å². The molecule has 6 heteroatoms. The van der Waals surface area contributed by atoms with Gasteiger partial charge < -0.3 is 10.6 Å². The van der Waals surface area contributed by atoms with Crippen molar-refractivity contribution in [2.24, 2.45) is 0 Å². The maximum absolute atomic E-state index is 13.3. The highest BCUT2D eigenvalue weighted by molar-refractivity contribution is 5.93. The maximum atomic E-state index is 13.3. The molecule has 2 rings (SSSR count). The Kier molecular flexibility index (Phi) is 4.47. The van der Waals surface area contributed by atoms with E-state index in [0.717, 1.165) is 12.1 Å². The minimum absolute atomic E-state index is 0.240. The summed E-state index contributed by atoms with van der Waals surface area (Å²) < 4.78 is 40.0. The third kappa shape index (κ3) is 3.75.